The Labute approximate surface area is 140 Å². The summed E-state index contributed by atoms with van der Waals surface area (Å²) in [4.78, 5) is 0. The first-order valence-corrected chi connectivity index (χ1v) is 9.70. The first-order chi connectivity index (χ1) is 11.1. The first-order valence-electron chi connectivity index (χ1n) is 8.21. The summed E-state index contributed by atoms with van der Waals surface area (Å²) >= 11 is 0. The fourth-order valence-electron chi connectivity index (χ4n) is 3.01. The van der Waals surface area contributed by atoms with Crippen molar-refractivity contribution in [1.82, 2.24) is 9.78 Å². The van der Waals surface area contributed by atoms with Crippen molar-refractivity contribution in [1.29, 1.82) is 0 Å². The highest BCUT2D eigenvalue weighted by Gasteiger charge is 2.17. The molecule has 2 heterocycles. The van der Waals surface area contributed by atoms with Gasteiger partial charge in [-0.1, -0.05) is 12.1 Å². The number of nitrogens with zero attached hydrogens (tertiary/aromatic N) is 2. The second-order valence-electron chi connectivity index (χ2n) is 6.24. The lowest BCUT2D eigenvalue weighted by molar-refractivity contribution is 0.0310. The third-order valence-electron chi connectivity index (χ3n) is 4.16. The van der Waals surface area contributed by atoms with E-state index in [1.54, 1.807) is 0 Å². The Bertz CT molecular complexity index is 673. The van der Waals surface area contributed by atoms with Gasteiger partial charge >= 0.3 is 0 Å². The third-order valence-corrected chi connectivity index (χ3v) is 5.56. The molecule has 0 amide bonds. The smallest absolute Gasteiger partial charge is 0.0690 e. The van der Waals surface area contributed by atoms with Gasteiger partial charge in [0.25, 0.3) is 0 Å². The second-order valence-corrected chi connectivity index (χ2v) is 7.75. The van der Waals surface area contributed by atoms with Crippen molar-refractivity contribution in [2.75, 3.05) is 12.4 Å². The highest BCUT2D eigenvalue weighted by Crippen LogP contribution is 2.17. The fourth-order valence-corrected chi connectivity index (χ4v) is 4.37. The normalized spacial score (nSPS) is 19.7. The lowest BCUT2D eigenvalue weighted by atomic mass is 10.1. The van der Waals surface area contributed by atoms with E-state index in [1.165, 1.54) is 6.42 Å². The van der Waals surface area contributed by atoms with Gasteiger partial charge in [0.2, 0.25) is 0 Å². The van der Waals surface area contributed by atoms with E-state index >= 15 is 0 Å². The molecular formula is C18H24N2O2S. The van der Waals surface area contributed by atoms with Crippen molar-refractivity contribution in [2.45, 2.75) is 45.0 Å². The monoisotopic (exact) mass is 332 g/mol. The number of ether oxygens (including phenoxy) is 1. The first kappa shape index (κ1) is 16.4. The molecule has 124 valence electrons. The van der Waals surface area contributed by atoms with Crippen LogP contribution in [0.25, 0.3) is 5.69 Å². The Morgan fingerprint density at radius 2 is 2.04 bits per heavy atom. The number of aromatic nitrogens is 2. The minimum absolute atomic E-state index is 0.179. The molecule has 0 radical (unpaired) electrons. The summed E-state index contributed by atoms with van der Waals surface area (Å²) < 4.78 is 19.9. The molecule has 0 bridgehead atoms. The topological polar surface area (TPSA) is 44.1 Å². The molecule has 4 nitrogen and oxygen atoms in total. The molecule has 0 spiro atoms. The maximum atomic E-state index is 12.3. The lowest BCUT2D eigenvalue weighted by Gasteiger charge is -2.22. The summed E-state index contributed by atoms with van der Waals surface area (Å²) in [5.41, 5.74) is 4.28. The molecule has 1 aromatic heterocycles. The molecular weight excluding hydrogens is 308 g/mol. The standard InChI is InChI=1S/C18H24N2O2S/c1-14-11-15(2)20(19-14)17-8-6-16(7-9-17)12-23(21)13-18-5-3-4-10-22-18/h6-9,11,18H,3-5,10,12-13H2,1-2H3. The molecule has 2 atom stereocenters. The zero-order valence-electron chi connectivity index (χ0n) is 13.8. The van der Waals surface area contributed by atoms with Gasteiger partial charge in [-0.25, -0.2) is 4.68 Å². The summed E-state index contributed by atoms with van der Waals surface area (Å²) in [7, 11) is -0.867. The Morgan fingerprint density at radius 1 is 1.26 bits per heavy atom. The van der Waals surface area contributed by atoms with Gasteiger partial charge in [-0.05, 0) is 56.9 Å². The van der Waals surface area contributed by atoms with Gasteiger partial charge < -0.3 is 4.74 Å². The van der Waals surface area contributed by atoms with Crippen molar-refractivity contribution in [3.05, 3.63) is 47.3 Å². The van der Waals surface area contributed by atoms with Crippen LogP contribution in [0.3, 0.4) is 0 Å². The summed E-state index contributed by atoms with van der Waals surface area (Å²) in [5, 5.41) is 4.49. The summed E-state index contributed by atoms with van der Waals surface area (Å²) in [6.07, 6.45) is 3.55. The van der Waals surface area contributed by atoms with E-state index in [-0.39, 0.29) is 6.10 Å². The van der Waals surface area contributed by atoms with E-state index in [2.05, 4.69) is 11.2 Å². The second kappa shape index (κ2) is 7.41. The van der Waals surface area contributed by atoms with Gasteiger partial charge in [0.05, 0.1) is 23.2 Å². The molecule has 1 aliphatic heterocycles. The quantitative estimate of drug-likeness (QED) is 0.844. The van der Waals surface area contributed by atoms with Crippen LogP contribution < -0.4 is 0 Å². The molecule has 2 unspecified atom stereocenters. The van der Waals surface area contributed by atoms with Crippen LogP contribution in [0, 0.1) is 13.8 Å². The van der Waals surface area contributed by atoms with Crippen LogP contribution >= 0.6 is 0 Å². The predicted octanol–water partition coefficient (Wildman–Crippen LogP) is 3.31. The van der Waals surface area contributed by atoms with Crippen LogP contribution in [0.2, 0.25) is 0 Å². The van der Waals surface area contributed by atoms with Crippen molar-refractivity contribution < 1.29 is 8.95 Å². The van der Waals surface area contributed by atoms with E-state index in [0.29, 0.717) is 11.5 Å². The Hall–Kier alpha value is -1.46. The summed E-state index contributed by atoms with van der Waals surface area (Å²) in [6, 6.07) is 10.2. The Kier molecular flexibility index (Phi) is 5.28. The highest BCUT2D eigenvalue weighted by molar-refractivity contribution is 7.84. The zero-order valence-corrected chi connectivity index (χ0v) is 14.6. The molecule has 0 N–H and O–H groups in total. The minimum Gasteiger partial charge on any atom is -0.377 e. The average molecular weight is 332 g/mol. The average Bonchev–Trinajstić information content (AvgIpc) is 2.87. The van der Waals surface area contributed by atoms with E-state index in [9.17, 15) is 4.21 Å². The summed E-state index contributed by atoms with van der Waals surface area (Å²) in [5.74, 6) is 1.25. The molecule has 3 rings (SSSR count). The van der Waals surface area contributed by atoms with Crippen LogP contribution in [0.15, 0.2) is 30.3 Å². The third kappa shape index (κ3) is 4.30. The lowest BCUT2D eigenvalue weighted by Crippen LogP contribution is -2.25. The van der Waals surface area contributed by atoms with Crippen molar-refractivity contribution in [3.8, 4) is 5.69 Å². The fraction of sp³-hybridized carbons (Fsp3) is 0.500. The van der Waals surface area contributed by atoms with Crippen molar-refractivity contribution >= 4 is 10.8 Å². The summed E-state index contributed by atoms with van der Waals surface area (Å²) in [6.45, 7) is 4.86. The van der Waals surface area contributed by atoms with Gasteiger partial charge in [-0.15, -0.1) is 0 Å². The Morgan fingerprint density at radius 3 is 2.65 bits per heavy atom. The van der Waals surface area contributed by atoms with E-state index in [4.69, 9.17) is 4.74 Å². The molecule has 1 aromatic carbocycles. The molecule has 1 fully saturated rings. The van der Waals surface area contributed by atoms with E-state index < -0.39 is 10.8 Å². The highest BCUT2D eigenvalue weighted by atomic mass is 32.2. The molecule has 5 heteroatoms. The molecule has 0 saturated carbocycles. The minimum atomic E-state index is -0.867. The van der Waals surface area contributed by atoms with Crippen LogP contribution in [0.1, 0.15) is 36.2 Å². The van der Waals surface area contributed by atoms with E-state index in [0.717, 1.165) is 42.1 Å². The van der Waals surface area contributed by atoms with Gasteiger partial charge in [0, 0.05) is 28.9 Å². The van der Waals surface area contributed by atoms with E-state index in [1.807, 2.05) is 42.8 Å². The number of hydrogen-bond acceptors (Lipinski definition) is 3. The number of benzene rings is 1. The number of rotatable bonds is 5. The van der Waals surface area contributed by atoms with Gasteiger partial charge in [0.1, 0.15) is 0 Å². The number of hydrogen-bond donors (Lipinski definition) is 0. The van der Waals surface area contributed by atoms with Gasteiger partial charge in [0.15, 0.2) is 0 Å². The molecule has 1 aliphatic rings. The molecule has 2 aromatic rings. The van der Waals surface area contributed by atoms with Gasteiger partial charge in [-0.2, -0.15) is 5.10 Å². The maximum Gasteiger partial charge on any atom is 0.0690 e. The predicted molar refractivity (Wildman–Crippen MR) is 93.3 cm³/mol. The van der Waals surface area contributed by atoms with Crippen LogP contribution in [-0.4, -0.2) is 32.5 Å². The zero-order chi connectivity index (χ0) is 16.2. The SMILES string of the molecule is Cc1cc(C)n(-c2ccc(CS(=O)CC3CCCCO3)cc2)n1. The largest absolute Gasteiger partial charge is 0.377 e. The molecule has 1 saturated heterocycles. The van der Waals surface area contributed by atoms with Crippen LogP contribution in [0.5, 0.6) is 0 Å². The van der Waals surface area contributed by atoms with Crippen LogP contribution in [-0.2, 0) is 21.3 Å². The maximum absolute atomic E-state index is 12.3. The Balaban J connectivity index is 1.61. The number of aryl methyl sites for hydroxylation is 2. The van der Waals surface area contributed by atoms with Gasteiger partial charge in [-0.3, -0.25) is 4.21 Å². The molecule has 23 heavy (non-hydrogen) atoms. The van der Waals surface area contributed by atoms with Crippen molar-refractivity contribution in [2.24, 2.45) is 0 Å². The van der Waals surface area contributed by atoms with Crippen molar-refractivity contribution in [3.63, 3.8) is 0 Å². The van der Waals surface area contributed by atoms with Crippen LogP contribution in [0.4, 0.5) is 0 Å². The molecule has 0 aliphatic carbocycles.